The summed E-state index contributed by atoms with van der Waals surface area (Å²) in [7, 11) is 0. The Bertz CT molecular complexity index is 1910. The van der Waals surface area contributed by atoms with Gasteiger partial charge >= 0.3 is 6.18 Å². The van der Waals surface area contributed by atoms with Crippen LogP contribution in [-0.4, -0.2) is 63.8 Å². The molecule has 7 rings (SSSR count). The van der Waals surface area contributed by atoms with Crippen molar-refractivity contribution in [2.45, 2.75) is 55.0 Å². The molecule has 2 aromatic carbocycles. The standard InChI is InChI=1S/C32H28F5N5O5/c33-13-30(29(38)44)15-46-27-22(30)11-24(40-26(27)16-1-3-19(34)4-2-16)31(45,32(35,36)37)14-39-28(43)17-9-18-12-42(20-5-6-20)41-25(18)23(10-17)47-21-7-8-21/h1-4,9-12,20-21,45H,5-8,13-15H2,(H2,38,44)(H,39,43)/t30-,31-/m0/s1. The molecule has 0 unspecified atom stereocenters. The fourth-order valence-corrected chi connectivity index (χ4v) is 5.58. The van der Waals surface area contributed by atoms with Crippen LogP contribution in [0.1, 0.15) is 53.3 Å². The number of nitrogens with two attached hydrogens (primary N) is 1. The van der Waals surface area contributed by atoms with Crippen LogP contribution in [0, 0.1) is 5.82 Å². The van der Waals surface area contributed by atoms with E-state index in [1.54, 1.807) is 10.9 Å². The molecule has 2 fully saturated rings. The van der Waals surface area contributed by atoms with E-state index in [-0.39, 0.29) is 40.3 Å². The number of halogens is 5. The molecule has 246 valence electrons. The highest BCUT2D eigenvalue weighted by atomic mass is 19.4. The molecule has 0 spiro atoms. The molecule has 3 aliphatic rings. The molecule has 0 saturated heterocycles. The van der Waals surface area contributed by atoms with Crippen LogP contribution >= 0.6 is 0 Å². The number of nitrogens with zero attached hydrogens (tertiary/aromatic N) is 3. The molecule has 2 atom stereocenters. The molecule has 2 amide bonds. The van der Waals surface area contributed by atoms with E-state index >= 15 is 0 Å². The van der Waals surface area contributed by atoms with Crippen LogP contribution in [-0.2, 0) is 15.8 Å². The normalized spacial score (nSPS) is 20.4. The van der Waals surface area contributed by atoms with E-state index in [0.29, 0.717) is 22.7 Å². The molecule has 2 saturated carbocycles. The number of aromatic nitrogens is 3. The Morgan fingerprint density at radius 1 is 1.13 bits per heavy atom. The molecular weight excluding hydrogens is 629 g/mol. The highest BCUT2D eigenvalue weighted by molar-refractivity contribution is 6.00. The molecule has 2 aromatic heterocycles. The Balaban J connectivity index is 1.27. The molecule has 4 aromatic rings. The maximum atomic E-state index is 14.8. The van der Waals surface area contributed by atoms with Gasteiger partial charge in [-0.1, -0.05) is 0 Å². The van der Waals surface area contributed by atoms with Crippen molar-refractivity contribution in [3.8, 4) is 22.8 Å². The molecule has 4 N–H and O–H groups in total. The van der Waals surface area contributed by atoms with Crippen molar-refractivity contribution in [1.29, 1.82) is 0 Å². The van der Waals surface area contributed by atoms with Gasteiger partial charge < -0.3 is 25.6 Å². The van der Waals surface area contributed by atoms with Gasteiger partial charge in [-0.05, 0) is 68.1 Å². The van der Waals surface area contributed by atoms with Crippen molar-refractivity contribution in [2.75, 3.05) is 19.8 Å². The second-order valence-electron chi connectivity index (χ2n) is 12.2. The molecule has 2 aliphatic carbocycles. The van der Waals surface area contributed by atoms with Crippen LogP contribution in [0.25, 0.3) is 22.2 Å². The van der Waals surface area contributed by atoms with Crippen molar-refractivity contribution in [3.63, 3.8) is 0 Å². The van der Waals surface area contributed by atoms with Crippen LogP contribution in [0.3, 0.4) is 0 Å². The van der Waals surface area contributed by atoms with Crippen molar-refractivity contribution >= 4 is 22.7 Å². The van der Waals surface area contributed by atoms with Gasteiger partial charge in [0.2, 0.25) is 11.5 Å². The maximum Gasteiger partial charge on any atom is 0.424 e. The number of hydrogen-bond donors (Lipinski definition) is 3. The predicted octanol–water partition coefficient (Wildman–Crippen LogP) is 4.38. The molecule has 15 heteroatoms. The number of pyridine rings is 1. The first-order valence-electron chi connectivity index (χ1n) is 14.9. The van der Waals surface area contributed by atoms with Crippen molar-refractivity contribution in [3.05, 3.63) is 71.3 Å². The van der Waals surface area contributed by atoms with Crippen LogP contribution in [0.2, 0.25) is 0 Å². The first-order chi connectivity index (χ1) is 22.3. The zero-order valence-electron chi connectivity index (χ0n) is 24.6. The Labute approximate surface area is 263 Å². The SMILES string of the molecule is NC(=O)[C@@]1(CF)COc2c1cc([C@@](O)(CNC(=O)c1cc(OC3CC3)c3nn(C4CC4)cc3c1)C(F)(F)F)nc2-c1ccc(F)cc1. The average Bonchev–Trinajstić information content (AvgIpc) is 3.97. The number of benzene rings is 2. The summed E-state index contributed by atoms with van der Waals surface area (Å²) in [5.74, 6) is -2.74. The molecule has 10 nitrogen and oxygen atoms in total. The minimum Gasteiger partial charge on any atom is -0.489 e. The minimum absolute atomic E-state index is 0.0273. The molecule has 3 heterocycles. The van der Waals surface area contributed by atoms with Crippen LogP contribution in [0.5, 0.6) is 11.5 Å². The fraction of sp³-hybridized carbons (Fsp3) is 0.375. The van der Waals surface area contributed by atoms with Crippen LogP contribution in [0.15, 0.2) is 48.7 Å². The summed E-state index contributed by atoms with van der Waals surface area (Å²) in [6, 6.07) is 8.24. The molecule has 0 bridgehead atoms. The summed E-state index contributed by atoms with van der Waals surface area (Å²) < 4.78 is 85.8. The summed E-state index contributed by atoms with van der Waals surface area (Å²) in [4.78, 5) is 29.9. The highest BCUT2D eigenvalue weighted by Crippen LogP contribution is 2.48. The van der Waals surface area contributed by atoms with E-state index in [0.717, 1.165) is 37.8 Å². The summed E-state index contributed by atoms with van der Waals surface area (Å²) in [5.41, 5.74) is -1.73. The van der Waals surface area contributed by atoms with Gasteiger partial charge in [0.1, 0.15) is 47.2 Å². The fourth-order valence-electron chi connectivity index (χ4n) is 5.58. The van der Waals surface area contributed by atoms with E-state index in [1.807, 2.05) is 0 Å². The molecule has 47 heavy (non-hydrogen) atoms. The Morgan fingerprint density at radius 2 is 1.85 bits per heavy atom. The number of nitrogens with one attached hydrogen (secondary N) is 1. The number of carbonyl (C=O) groups excluding carboxylic acids is 2. The third-order valence-electron chi connectivity index (χ3n) is 8.76. The number of amides is 2. The van der Waals surface area contributed by atoms with Crippen molar-refractivity contribution < 1.29 is 46.1 Å². The number of carbonyl (C=O) groups is 2. The third-order valence-corrected chi connectivity index (χ3v) is 8.76. The van der Waals surface area contributed by atoms with E-state index < -0.39 is 60.3 Å². The molecule has 1 aliphatic heterocycles. The first-order valence-corrected chi connectivity index (χ1v) is 14.9. The van der Waals surface area contributed by atoms with Crippen molar-refractivity contribution in [2.24, 2.45) is 5.73 Å². The highest BCUT2D eigenvalue weighted by Gasteiger charge is 2.58. The smallest absolute Gasteiger partial charge is 0.424 e. The van der Waals surface area contributed by atoms with Gasteiger partial charge in [-0.3, -0.25) is 14.3 Å². The summed E-state index contributed by atoms with van der Waals surface area (Å²) in [5, 5.41) is 18.6. The maximum absolute atomic E-state index is 14.8. The lowest BCUT2D eigenvalue weighted by Gasteiger charge is -2.31. The number of rotatable bonds is 10. The average molecular weight is 658 g/mol. The van der Waals surface area contributed by atoms with Gasteiger partial charge in [0.05, 0.1) is 24.4 Å². The zero-order valence-corrected chi connectivity index (χ0v) is 24.6. The molecule has 0 radical (unpaired) electrons. The topological polar surface area (TPSA) is 142 Å². The number of fused-ring (bicyclic) bond motifs is 2. The zero-order chi connectivity index (χ0) is 33.3. The summed E-state index contributed by atoms with van der Waals surface area (Å²) in [6.45, 7) is -3.48. The van der Waals surface area contributed by atoms with Gasteiger partial charge in [0.15, 0.2) is 0 Å². The number of alkyl halides is 4. The van der Waals surface area contributed by atoms with Crippen molar-refractivity contribution in [1.82, 2.24) is 20.1 Å². The van der Waals surface area contributed by atoms with Gasteiger partial charge in [-0.15, -0.1) is 0 Å². The second kappa shape index (κ2) is 10.9. The summed E-state index contributed by atoms with van der Waals surface area (Å²) >= 11 is 0. The quantitative estimate of drug-likeness (QED) is 0.215. The second-order valence-corrected chi connectivity index (χ2v) is 12.2. The Kier molecular flexibility index (Phi) is 7.15. The largest absolute Gasteiger partial charge is 0.489 e. The van der Waals surface area contributed by atoms with E-state index in [4.69, 9.17) is 15.2 Å². The van der Waals surface area contributed by atoms with Crippen LogP contribution in [0.4, 0.5) is 22.0 Å². The number of hydrogen-bond acceptors (Lipinski definition) is 7. The lowest BCUT2D eigenvalue weighted by Crippen LogP contribution is -2.52. The van der Waals surface area contributed by atoms with E-state index in [9.17, 15) is 36.6 Å². The number of primary amides is 1. The third kappa shape index (κ3) is 5.31. The summed E-state index contributed by atoms with van der Waals surface area (Å²) in [6.07, 6.45) is -0.210. The predicted molar refractivity (Wildman–Crippen MR) is 156 cm³/mol. The van der Waals surface area contributed by atoms with Gasteiger partial charge in [-0.2, -0.15) is 18.3 Å². The first kappa shape index (κ1) is 30.8. The van der Waals surface area contributed by atoms with Gasteiger partial charge in [0, 0.05) is 28.3 Å². The Morgan fingerprint density at radius 3 is 2.47 bits per heavy atom. The number of aliphatic hydroxyl groups is 1. The van der Waals surface area contributed by atoms with E-state index in [1.165, 1.54) is 24.3 Å². The number of ether oxygens (including phenoxy) is 2. The van der Waals surface area contributed by atoms with Gasteiger partial charge in [-0.25, -0.2) is 13.8 Å². The minimum atomic E-state index is -5.44. The Hall–Kier alpha value is -4.79. The molecular formula is C32H28F5N5O5. The lowest BCUT2D eigenvalue weighted by atomic mass is 9.81. The van der Waals surface area contributed by atoms with Crippen LogP contribution < -0.4 is 20.5 Å². The monoisotopic (exact) mass is 657 g/mol. The van der Waals surface area contributed by atoms with Gasteiger partial charge in [0.25, 0.3) is 5.91 Å². The lowest BCUT2D eigenvalue weighted by molar-refractivity contribution is -0.265. The van der Waals surface area contributed by atoms with E-state index in [2.05, 4.69) is 15.4 Å².